The van der Waals surface area contributed by atoms with E-state index in [4.69, 9.17) is 20.9 Å². The standard InChI is InChI=1S/C32H43BClN3O4.ClH/c1-6-19(2)27(36-29(38)24(35)16-20-12-14-23(34)15-13-20)30(39)37-28(21-10-8-7-9-11-21)33-40-26-18-22-17-25(31(22,3)4)32(26,5)41-33;/h7-15,19,22,24-28H,6,16-18,35H2,1-5H3,(H,36,38)(H,37,39);1H/t19?,22-,24-,25-,26+,27+,28+,32-;/m1./s1. The van der Waals surface area contributed by atoms with E-state index >= 15 is 0 Å². The Balaban J connectivity index is 0.00000405. The number of nitrogens with one attached hydrogen (secondary N) is 2. The lowest BCUT2D eigenvalue weighted by atomic mass is 9.43. The summed E-state index contributed by atoms with van der Waals surface area (Å²) in [6.45, 7) is 10.8. The maximum atomic E-state index is 13.9. The molecular formula is C32H44BCl2N3O4. The van der Waals surface area contributed by atoms with Crippen molar-refractivity contribution < 1.29 is 37.0 Å². The van der Waals surface area contributed by atoms with E-state index in [1.54, 1.807) is 12.1 Å². The summed E-state index contributed by atoms with van der Waals surface area (Å²) >= 11 is 6.01. The number of hydrogen-bond acceptors (Lipinski definition) is 4. The third-order valence-corrected chi connectivity index (χ3v) is 10.5. The first kappa shape index (κ1) is 32.8. The zero-order chi connectivity index (χ0) is 29.5. The normalized spacial score (nSPS) is 28.3. The number of amides is 2. The fourth-order valence-electron chi connectivity index (χ4n) is 7.22. The molecule has 3 saturated carbocycles. The van der Waals surface area contributed by atoms with E-state index in [9.17, 15) is 9.59 Å². The quantitative estimate of drug-likeness (QED) is 0.349. The number of carbonyl (C=O) groups excluding carboxylic acids is 2. The highest BCUT2D eigenvalue weighted by Crippen LogP contribution is 2.66. The lowest BCUT2D eigenvalue weighted by Crippen LogP contribution is -3.00. The molecule has 3 aliphatic carbocycles. The molecule has 5 N–H and O–H groups in total. The van der Waals surface area contributed by atoms with Crippen LogP contribution >= 0.6 is 11.6 Å². The number of quaternary nitrogens is 1. The largest absolute Gasteiger partial charge is 1.00 e. The Kier molecular flexibility index (Phi) is 10.1. The molecule has 0 radical (unpaired) electrons. The highest BCUT2D eigenvalue weighted by molar-refractivity contribution is 6.47. The van der Waals surface area contributed by atoms with Crippen LogP contribution in [0.15, 0.2) is 54.6 Å². The first-order valence-electron chi connectivity index (χ1n) is 15.0. The molecule has 42 heavy (non-hydrogen) atoms. The first-order valence-corrected chi connectivity index (χ1v) is 15.4. The van der Waals surface area contributed by atoms with Gasteiger partial charge in [-0.3, -0.25) is 9.59 Å². The molecule has 2 aromatic carbocycles. The van der Waals surface area contributed by atoms with Crippen LogP contribution in [0.5, 0.6) is 0 Å². The first-order chi connectivity index (χ1) is 19.4. The highest BCUT2D eigenvalue weighted by atomic mass is 35.5. The van der Waals surface area contributed by atoms with E-state index in [-0.39, 0.29) is 41.7 Å². The molecule has 1 heterocycles. The molecule has 2 amide bonds. The van der Waals surface area contributed by atoms with E-state index in [1.807, 2.05) is 56.3 Å². The summed E-state index contributed by atoms with van der Waals surface area (Å²) < 4.78 is 13.4. The molecular weight excluding hydrogens is 572 g/mol. The van der Waals surface area contributed by atoms with E-state index in [1.165, 1.54) is 0 Å². The van der Waals surface area contributed by atoms with Gasteiger partial charge in [-0.05, 0) is 66.2 Å². The van der Waals surface area contributed by atoms with Gasteiger partial charge in [-0.1, -0.05) is 88.2 Å². The van der Waals surface area contributed by atoms with Gasteiger partial charge in [-0.15, -0.1) is 0 Å². The van der Waals surface area contributed by atoms with Gasteiger partial charge < -0.3 is 38.1 Å². The Bertz CT molecular complexity index is 1250. The van der Waals surface area contributed by atoms with Gasteiger partial charge in [0, 0.05) is 11.4 Å². The molecule has 0 aromatic heterocycles. The Morgan fingerprint density at radius 1 is 1.05 bits per heavy atom. The van der Waals surface area contributed by atoms with Crippen molar-refractivity contribution in [2.75, 3.05) is 0 Å². The fraction of sp³-hybridized carbons (Fsp3) is 0.562. The number of carbonyl (C=O) groups is 2. The lowest BCUT2D eigenvalue weighted by molar-refractivity contribution is -0.403. The number of rotatable bonds is 10. The van der Waals surface area contributed by atoms with Crippen molar-refractivity contribution in [1.82, 2.24) is 10.6 Å². The van der Waals surface area contributed by atoms with Gasteiger partial charge in [-0.2, -0.15) is 0 Å². The Hall–Kier alpha value is -2.10. The minimum Gasteiger partial charge on any atom is -1.00 e. The van der Waals surface area contributed by atoms with Crippen molar-refractivity contribution in [2.45, 2.75) is 90.0 Å². The second-order valence-electron chi connectivity index (χ2n) is 13.1. The molecule has 2 bridgehead atoms. The molecule has 6 rings (SSSR count). The Labute approximate surface area is 261 Å². The maximum Gasteiger partial charge on any atom is 0.486 e. The smallest absolute Gasteiger partial charge is 0.486 e. The molecule has 8 atom stereocenters. The van der Waals surface area contributed by atoms with Gasteiger partial charge in [0.05, 0.1) is 17.6 Å². The third kappa shape index (κ3) is 6.25. The van der Waals surface area contributed by atoms with Crippen molar-refractivity contribution >= 4 is 30.5 Å². The van der Waals surface area contributed by atoms with Gasteiger partial charge in [0.25, 0.3) is 5.91 Å². The molecule has 228 valence electrons. The zero-order valence-corrected chi connectivity index (χ0v) is 26.8. The molecule has 1 aliphatic heterocycles. The third-order valence-electron chi connectivity index (χ3n) is 10.3. The summed E-state index contributed by atoms with van der Waals surface area (Å²) in [6.07, 6.45) is 3.30. The van der Waals surface area contributed by atoms with Crippen LogP contribution in [0.1, 0.15) is 70.9 Å². The van der Waals surface area contributed by atoms with Crippen LogP contribution in [0.4, 0.5) is 0 Å². The summed E-state index contributed by atoms with van der Waals surface area (Å²) in [4.78, 5) is 27.2. The minimum atomic E-state index is -0.723. The van der Waals surface area contributed by atoms with E-state index in [2.05, 4.69) is 37.1 Å². The summed E-state index contributed by atoms with van der Waals surface area (Å²) in [5, 5.41) is 6.88. The van der Waals surface area contributed by atoms with Crippen molar-refractivity contribution in [3.63, 3.8) is 0 Å². The second kappa shape index (κ2) is 12.9. The van der Waals surface area contributed by atoms with Crippen LogP contribution in [0, 0.1) is 23.2 Å². The molecule has 1 saturated heterocycles. The number of halogens is 2. The second-order valence-corrected chi connectivity index (χ2v) is 13.6. The van der Waals surface area contributed by atoms with Crippen LogP contribution < -0.4 is 28.8 Å². The average molecular weight is 616 g/mol. The van der Waals surface area contributed by atoms with Gasteiger partial charge in [0.15, 0.2) is 6.04 Å². The van der Waals surface area contributed by atoms with Gasteiger partial charge in [0.2, 0.25) is 5.91 Å². The zero-order valence-electron chi connectivity index (χ0n) is 25.2. The number of hydrogen-bond donors (Lipinski definition) is 3. The molecule has 1 unspecified atom stereocenters. The van der Waals surface area contributed by atoms with E-state index in [0.29, 0.717) is 23.3 Å². The summed E-state index contributed by atoms with van der Waals surface area (Å²) in [5.41, 5.74) is 5.78. The predicted octanol–water partition coefficient (Wildman–Crippen LogP) is 1.15. The van der Waals surface area contributed by atoms with Crippen molar-refractivity contribution in [3.8, 4) is 0 Å². The van der Waals surface area contributed by atoms with Crippen LogP contribution in [-0.2, 0) is 25.3 Å². The van der Waals surface area contributed by atoms with Crippen molar-refractivity contribution in [3.05, 3.63) is 70.7 Å². The molecule has 2 aromatic rings. The van der Waals surface area contributed by atoms with E-state index in [0.717, 1.165) is 30.4 Å². The molecule has 10 heteroatoms. The minimum absolute atomic E-state index is 0. The highest BCUT2D eigenvalue weighted by Gasteiger charge is 2.68. The molecule has 0 spiro atoms. The monoisotopic (exact) mass is 615 g/mol. The fourth-order valence-corrected chi connectivity index (χ4v) is 7.35. The maximum absolute atomic E-state index is 13.9. The SMILES string of the molecule is CCC(C)[C@H](NC(=O)[C@H]([NH3+])Cc1ccc(Cl)cc1)C(=O)N[C@H](B1O[C@H]2C[C@H]3C[C@H](C3(C)C)[C@@]2(C)O1)c1ccccc1.[Cl-]. The number of benzene rings is 2. The lowest BCUT2D eigenvalue weighted by Gasteiger charge is -2.64. The van der Waals surface area contributed by atoms with Crippen LogP contribution in [-0.4, -0.2) is 42.7 Å². The van der Waals surface area contributed by atoms with Gasteiger partial charge in [0.1, 0.15) is 6.04 Å². The van der Waals surface area contributed by atoms with Gasteiger partial charge >= 0.3 is 7.12 Å². The van der Waals surface area contributed by atoms with Crippen LogP contribution in [0.25, 0.3) is 0 Å². The summed E-state index contributed by atoms with van der Waals surface area (Å²) in [6, 6.07) is 15.9. The Morgan fingerprint density at radius 2 is 1.71 bits per heavy atom. The molecule has 7 nitrogen and oxygen atoms in total. The van der Waals surface area contributed by atoms with Gasteiger partial charge in [-0.25, -0.2) is 0 Å². The Morgan fingerprint density at radius 3 is 2.33 bits per heavy atom. The van der Waals surface area contributed by atoms with Crippen molar-refractivity contribution in [1.29, 1.82) is 0 Å². The summed E-state index contributed by atoms with van der Waals surface area (Å²) in [7, 11) is -0.620. The average Bonchev–Trinajstić information content (AvgIpc) is 3.32. The predicted molar refractivity (Wildman–Crippen MR) is 161 cm³/mol. The topological polar surface area (TPSA) is 104 Å². The van der Waals surface area contributed by atoms with Crippen LogP contribution in [0.3, 0.4) is 0 Å². The molecule has 4 aliphatic rings. The molecule has 4 fully saturated rings. The van der Waals surface area contributed by atoms with Crippen LogP contribution in [0.2, 0.25) is 5.02 Å². The van der Waals surface area contributed by atoms with E-state index < -0.39 is 30.7 Å². The van der Waals surface area contributed by atoms with Crippen molar-refractivity contribution in [2.24, 2.45) is 23.2 Å². The summed E-state index contributed by atoms with van der Waals surface area (Å²) in [5.74, 6) is -0.0670.